The van der Waals surface area contributed by atoms with Crippen LogP contribution in [-0.2, 0) is 13.1 Å². The molecular formula is C28H30N2O4. The van der Waals surface area contributed by atoms with Crippen LogP contribution < -0.4 is 14.2 Å². The van der Waals surface area contributed by atoms with Gasteiger partial charge in [0.15, 0.2) is 5.76 Å². The topological polar surface area (TPSA) is 52.9 Å². The van der Waals surface area contributed by atoms with E-state index in [0.29, 0.717) is 29.8 Å². The number of hydrogen-bond donors (Lipinski definition) is 0. The predicted molar refractivity (Wildman–Crippen MR) is 132 cm³/mol. The van der Waals surface area contributed by atoms with E-state index in [4.69, 9.17) is 14.2 Å². The first-order valence-electron chi connectivity index (χ1n) is 12.2. The van der Waals surface area contributed by atoms with Gasteiger partial charge in [0.25, 0.3) is 0 Å². The molecule has 2 aliphatic heterocycles. The first-order chi connectivity index (χ1) is 16.6. The average Bonchev–Trinajstić information content (AvgIpc) is 3.58. The maximum atomic E-state index is 13.5. The van der Waals surface area contributed by atoms with Crippen LogP contribution in [0.4, 0.5) is 0 Å². The minimum absolute atomic E-state index is 0.0615. The second-order valence-electron chi connectivity index (χ2n) is 9.53. The Morgan fingerprint density at radius 1 is 1.21 bits per heavy atom. The van der Waals surface area contributed by atoms with Gasteiger partial charge in [-0.1, -0.05) is 12.8 Å². The summed E-state index contributed by atoms with van der Waals surface area (Å²) in [5, 5.41) is 1.04. The van der Waals surface area contributed by atoms with Crippen molar-refractivity contribution < 1.29 is 19.0 Å². The minimum Gasteiger partial charge on any atom is -0.497 e. The quantitative estimate of drug-likeness (QED) is 0.470. The molecular weight excluding hydrogens is 428 g/mol. The van der Waals surface area contributed by atoms with Crippen molar-refractivity contribution in [1.82, 2.24) is 9.47 Å². The number of hydrogen-bond acceptors (Lipinski definition) is 5. The molecule has 0 bridgehead atoms. The van der Waals surface area contributed by atoms with E-state index in [1.165, 1.54) is 25.7 Å². The third kappa shape index (κ3) is 3.31. The van der Waals surface area contributed by atoms with E-state index < -0.39 is 0 Å². The Hall–Kier alpha value is -3.25. The van der Waals surface area contributed by atoms with Gasteiger partial charge in [0, 0.05) is 41.8 Å². The van der Waals surface area contributed by atoms with Gasteiger partial charge in [-0.05, 0) is 62.6 Å². The number of ketones is 1. The van der Waals surface area contributed by atoms with Crippen LogP contribution in [0.2, 0.25) is 0 Å². The molecule has 6 nitrogen and oxygen atoms in total. The van der Waals surface area contributed by atoms with Crippen molar-refractivity contribution in [1.29, 1.82) is 0 Å². The van der Waals surface area contributed by atoms with E-state index in [-0.39, 0.29) is 5.78 Å². The summed E-state index contributed by atoms with van der Waals surface area (Å²) in [6.07, 6.45) is 8.92. The Bertz CT molecular complexity index is 1330. The molecule has 1 fully saturated rings. The molecule has 1 aromatic heterocycles. The van der Waals surface area contributed by atoms with Gasteiger partial charge < -0.3 is 18.8 Å². The van der Waals surface area contributed by atoms with Crippen molar-refractivity contribution in [3.05, 3.63) is 58.5 Å². The third-order valence-electron chi connectivity index (χ3n) is 7.54. The molecule has 3 heterocycles. The molecule has 3 aromatic rings. The monoisotopic (exact) mass is 458 g/mol. The summed E-state index contributed by atoms with van der Waals surface area (Å²) in [5.74, 6) is 2.60. The Balaban J connectivity index is 1.40. The van der Waals surface area contributed by atoms with Crippen molar-refractivity contribution in [3.63, 3.8) is 0 Å². The zero-order valence-electron chi connectivity index (χ0n) is 20.0. The maximum Gasteiger partial charge on any atom is 0.232 e. The van der Waals surface area contributed by atoms with Crippen molar-refractivity contribution in [3.8, 4) is 17.2 Å². The van der Waals surface area contributed by atoms with Crippen LogP contribution in [0.15, 0.2) is 36.2 Å². The van der Waals surface area contributed by atoms with E-state index in [2.05, 4.69) is 28.7 Å². The fourth-order valence-corrected chi connectivity index (χ4v) is 5.70. The molecule has 0 atom stereocenters. The number of Topliss-reactive ketones (excluding diaryl/α,β-unsaturated/α-hetero) is 1. The first kappa shape index (κ1) is 21.3. The number of aromatic nitrogens is 1. The van der Waals surface area contributed by atoms with Gasteiger partial charge in [0.2, 0.25) is 5.78 Å². The number of rotatable bonds is 4. The number of allylic oxidation sites excluding steroid dienone is 1. The Morgan fingerprint density at radius 3 is 2.79 bits per heavy atom. The molecule has 34 heavy (non-hydrogen) atoms. The number of aryl methyl sites for hydroxylation is 2. The van der Waals surface area contributed by atoms with Crippen LogP contribution >= 0.6 is 0 Å². The molecule has 6 heteroatoms. The third-order valence-corrected chi connectivity index (χ3v) is 7.54. The molecule has 1 saturated carbocycles. The van der Waals surface area contributed by atoms with E-state index in [1.807, 2.05) is 31.2 Å². The molecule has 3 aliphatic rings. The predicted octanol–water partition coefficient (Wildman–Crippen LogP) is 5.69. The van der Waals surface area contributed by atoms with Crippen LogP contribution in [0.25, 0.3) is 17.0 Å². The zero-order chi connectivity index (χ0) is 23.4. The van der Waals surface area contributed by atoms with Gasteiger partial charge in [-0.15, -0.1) is 0 Å². The van der Waals surface area contributed by atoms with E-state index in [9.17, 15) is 4.79 Å². The van der Waals surface area contributed by atoms with Crippen molar-refractivity contribution in [2.24, 2.45) is 0 Å². The number of methoxy groups -OCH3 is 1. The number of carbonyl (C=O) groups is 1. The maximum absolute atomic E-state index is 13.5. The summed E-state index contributed by atoms with van der Waals surface area (Å²) >= 11 is 0. The fraction of sp³-hybridized carbons (Fsp3) is 0.393. The van der Waals surface area contributed by atoms with Gasteiger partial charge in [-0.25, -0.2) is 0 Å². The lowest BCUT2D eigenvalue weighted by molar-refractivity contribution is 0.0567. The average molecular weight is 459 g/mol. The van der Waals surface area contributed by atoms with Crippen LogP contribution in [0.5, 0.6) is 17.2 Å². The van der Waals surface area contributed by atoms with E-state index in [0.717, 1.165) is 52.2 Å². The summed E-state index contributed by atoms with van der Waals surface area (Å²) in [6.45, 7) is 6.27. The van der Waals surface area contributed by atoms with E-state index in [1.54, 1.807) is 7.11 Å². The summed E-state index contributed by atoms with van der Waals surface area (Å²) in [4.78, 5) is 15.9. The molecule has 6 rings (SSSR count). The number of nitrogens with zero attached hydrogens (tertiary/aromatic N) is 2. The first-order valence-corrected chi connectivity index (χ1v) is 12.2. The summed E-state index contributed by atoms with van der Waals surface area (Å²) in [6, 6.07) is 8.58. The molecule has 176 valence electrons. The highest BCUT2D eigenvalue weighted by molar-refractivity contribution is 6.16. The number of carbonyl (C=O) groups excluding carboxylic acids is 1. The Morgan fingerprint density at radius 2 is 2.03 bits per heavy atom. The molecule has 1 aliphatic carbocycles. The number of fused-ring (bicyclic) bond motifs is 4. The summed E-state index contributed by atoms with van der Waals surface area (Å²) < 4.78 is 20.1. The zero-order valence-corrected chi connectivity index (χ0v) is 20.0. The van der Waals surface area contributed by atoms with Gasteiger partial charge in [0.05, 0.1) is 18.2 Å². The lowest BCUT2D eigenvalue weighted by Gasteiger charge is -2.34. The highest BCUT2D eigenvalue weighted by atomic mass is 16.5. The standard InChI is InChI=1S/C28H30N2O4/c1-4-29-14-18(21-13-20(32-3)9-10-23(21)29)12-25-27(31)26-17(2)11-24-22(28(26)34-25)15-30(16-33-24)19-7-5-6-8-19/h9-14,19H,4-8,15-16H2,1-3H3/b25-12-. The molecule has 2 aromatic carbocycles. The Labute approximate surface area is 199 Å². The highest BCUT2D eigenvalue weighted by Crippen LogP contribution is 2.45. The van der Waals surface area contributed by atoms with Gasteiger partial charge >= 0.3 is 0 Å². The summed E-state index contributed by atoms with van der Waals surface area (Å²) in [7, 11) is 1.67. The van der Waals surface area contributed by atoms with Crippen LogP contribution in [0.1, 0.15) is 59.7 Å². The van der Waals surface area contributed by atoms with Crippen molar-refractivity contribution in [2.75, 3.05) is 13.8 Å². The number of ether oxygens (including phenoxy) is 3. The second-order valence-corrected chi connectivity index (χ2v) is 9.53. The van der Waals surface area contributed by atoms with Gasteiger partial charge in [-0.3, -0.25) is 9.69 Å². The van der Waals surface area contributed by atoms with E-state index >= 15 is 0 Å². The van der Waals surface area contributed by atoms with Crippen molar-refractivity contribution in [2.45, 2.75) is 58.7 Å². The molecule has 0 radical (unpaired) electrons. The van der Waals surface area contributed by atoms with Gasteiger partial charge in [0.1, 0.15) is 24.0 Å². The lowest BCUT2D eigenvalue weighted by Crippen LogP contribution is -2.39. The lowest BCUT2D eigenvalue weighted by atomic mass is 9.98. The molecule has 0 amide bonds. The highest BCUT2D eigenvalue weighted by Gasteiger charge is 2.37. The molecule has 0 spiro atoms. The van der Waals surface area contributed by atoms with Crippen molar-refractivity contribution >= 4 is 22.8 Å². The molecule has 0 saturated heterocycles. The molecule has 0 unspecified atom stereocenters. The van der Waals surface area contributed by atoms with Crippen LogP contribution in [0.3, 0.4) is 0 Å². The number of benzene rings is 2. The normalized spacial score (nSPS) is 19.4. The van der Waals surface area contributed by atoms with Crippen LogP contribution in [-0.4, -0.2) is 35.1 Å². The summed E-state index contributed by atoms with van der Waals surface area (Å²) in [5.41, 5.74) is 4.61. The van der Waals surface area contributed by atoms with Gasteiger partial charge in [-0.2, -0.15) is 0 Å². The van der Waals surface area contributed by atoms with Crippen LogP contribution in [0, 0.1) is 6.92 Å². The fourth-order valence-electron chi connectivity index (χ4n) is 5.70. The SMILES string of the molecule is CCn1cc(/C=C2\Oc3c4c(cc(C)c3C2=O)OCN(C2CCCC2)C4)c2cc(OC)ccc21. The smallest absolute Gasteiger partial charge is 0.232 e. The minimum atomic E-state index is -0.0615. The second kappa shape index (κ2) is 8.20. The largest absolute Gasteiger partial charge is 0.497 e. The molecule has 0 N–H and O–H groups in total. The Kier molecular flexibility index (Phi) is 5.14.